The average Bonchev–Trinajstić information content (AvgIpc) is 2.28. The van der Waals surface area contributed by atoms with E-state index in [-0.39, 0.29) is 5.91 Å². The van der Waals surface area contributed by atoms with Crippen molar-refractivity contribution in [2.45, 2.75) is 31.7 Å². The van der Waals surface area contributed by atoms with Gasteiger partial charge in [-0.2, -0.15) is 0 Å². The molecule has 0 saturated carbocycles. The third kappa shape index (κ3) is 3.47. The quantitative estimate of drug-likeness (QED) is 0.688. The highest BCUT2D eigenvalue weighted by Crippen LogP contribution is 2.10. The maximum Gasteiger partial charge on any atom is 0.234 e. The smallest absolute Gasteiger partial charge is 0.234 e. The molecular formula is C11H21N3O. The number of piperazine rings is 1. The van der Waals surface area contributed by atoms with Crippen LogP contribution in [0.1, 0.15) is 25.7 Å². The highest BCUT2D eigenvalue weighted by molar-refractivity contribution is 5.78. The Morgan fingerprint density at radius 3 is 3.00 bits per heavy atom. The molecule has 2 saturated heterocycles. The molecule has 2 N–H and O–H groups in total. The summed E-state index contributed by atoms with van der Waals surface area (Å²) >= 11 is 0. The molecule has 1 atom stereocenters. The predicted octanol–water partition coefficient (Wildman–Crippen LogP) is -0.0496. The van der Waals surface area contributed by atoms with Gasteiger partial charge in [0, 0.05) is 25.7 Å². The van der Waals surface area contributed by atoms with Crippen molar-refractivity contribution >= 4 is 5.91 Å². The molecule has 0 unspecified atom stereocenters. The van der Waals surface area contributed by atoms with Gasteiger partial charge in [0.1, 0.15) is 0 Å². The van der Waals surface area contributed by atoms with Crippen LogP contribution in [0, 0.1) is 0 Å². The van der Waals surface area contributed by atoms with Crippen molar-refractivity contribution < 1.29 is 4.79 Å². The third-order valence-electron chi connectivity index (χ3n) is 3.32. The Bertz CT molecular complexity index is 214. The lowest BCUT2D eigenvalue weighted by Crippen LogP contribution is -2.49. The van der Waals surface area contributed by atoms with Crippen LogP contribution in [0.2, 0.25) is 0 Å². The fraction of sp³-hybridized carbons (Fsp3) is 0.909. The van der Waals surface area contributed by atoms with Gasteiger partial charge in [0.25, 0.3) is 0 Å². The second-order valence-electron chi connectivity index (χ2n) is 4.56. The lowest BCUT2D eigenvalue weighted by atomic mass is 10.0. The van der Waals surface area contributed by atoms with Gasteiger partial charge < -0.3 is 10.6 Å². The topological polar surface area (TPSA) is 44.4 Å². The van der Waals surface area contributed by atoms with Gasteiger partial charge in [-0.25, -0.2) is 0 Å². The first kappa shape index (κ1) is 10.9. The zero-order chi connectivity index (χ0) is 10.5. The number of nitrogens with one attached hydrogen (secondary N) is 2. The van der Waals surface area contributed by atoms with Gasteiger partial charge in [-0.05, 0) is 25.8 Å². The molecule has 2 aliphatic heterocycles. The Hall–Kier alpha value is -0.610. The van der Waals surface area contributed by atoms with Crippen LogP contribution in [-0.4, -0.2) is 49.6 Å². The number of nitrogens with zero attached hydrogens (tertiary/aromatic N) is 1. The van der Waals surface area contributed by atoms with Crippen LogP contribution < -0.4 is 10.6 Å². The van der Waals surface area contributed by atoms with Gasteiger partial charge in [-0.15, -0.1) is 0 Å². The summed E-state index contributed by atoms with van der Waals surface area (Å²) in [6.07, 6.45) is 5.17. The molecule has 2 heterocycles. The van der Waals surface area contributed by atoms with Crippen molar-refractivity contribution in [2.75, 3.05) is 32.7 Å². The van der Waals surface area contributed by atoms with Crippen LogP contribution in [0.5, 0.6) is 0 Å². The van der Waals surface area contributed by atoms with Crippen LogP contribution in [0.4, 0.5) is 0 Å². The number of hydrogen-bond donors (Lipinski definition) is 2. The summed E-state index contributed by atoms with van der Waals surface area (Å²) in [5.74, 6) is 0.179. The first-order valence-electron chi connectivity index (χ1n) is 6.07. The van der Waals surface area contributed by atoms with E-state index < -0.39 is 0 Å². The van der Waals surface area contributed by atoms with Gasteiger partial charge in [-0.3, -0.25) is 9.69 Å². The number of carbonyl (C=O) groups is 1. The minimum absolute atomic E-state index is 0.179. The minimum Gasteiger partial charge on any atom is -0.354 e. The zero-order valence-corrected chi connectivity index (χ0v) is 9.30. The van der Waals surface area contributed by atoms with E-state index in [0.29, 0.717) is 12.6 Å². The van der Waals surface area contributed by atoms with Crippen LogP contribution >= 0.6 is 0 Å². The second-order valence-corrected chi connectivity index (χ2v) is 4.56. The van der Waals surface area contributed by atoms with Gasteiger partial charge >= 0.3 is 0 Å². The molecule has 0 radical (unpaired) electrons. The molecule has 15 heavy (non-hydrogen) atoms. The van der Waals surface area contributed by atoms with Crippen LogP contribution in [-0.2, 0) is 4.79 Å². The Balaban J connectivity index is 1.65. The Morgan fingerprint density at radius 1 is 1.33 bits per heavy atom. The largest absolute Gasteiger partial charge is 0.354 e. The van der Waals surface area contributed by atoms with E-state index in [0.717, 1.165) is 19.6 Å². The highest BCUT2D eigenvalue weighted by atomic mass is 16.2. The molecule has 0 aromatic heterocycles. The van der Waals surface area contributed by atoms with E-state index in [2.05, 4.69) is 15.5 Å². The van der Waals surface area contributed by atoms with Gasteiger partial charge in [0.2, 0.25) is 5.91 Å². The van der Waals surface area contributed by atoms with E-state index >= 15 is 0 Å². The van der Waals surface area contributed by atoms with E-state index in [1.165, 1.54) is 32.2 Å². The lowest BCUT2D eigenvalue weighted by Gasteiger charge is -2.29. The van der Waals surface area contributed by atoms with Crippen molar-refractivity contribution in [1.82, 2.24) is 15.5 Å². The molecular weight excluding hydrogens is 190 g/mol. The SMILES string of the molecule is O=C1CN(CC[C@H]2CCCCN2)CCN1. The molecule has 86 valence electrons. The molecule has 0 aliphatic carbocycles. The van der Waals surface area contributed by atoms with Crippen molar-refractivity contribution in [1.29, 1.82) is 0 Å². The van der Waals surface area contributed by atoms with E-state index in [4.69, 9.17) is 0 Å². The molecule has 0 aromatic rings. The molecule has 2 fully saturated rings. The first-order valence-corrected chi connectivity index (χ1v) is 6.07. The van der Waals surface area contributed by atoms with Crippen LogP contribution in [0.3, 0.4) is 0 Å². The Kier molecular flexibility index (Phi) is 3.97. The van der Waals surface area contributed by atoms with E-state index in [9.17, 15) is 4.79 Å². The molecule has 4 nitrogen and oxygen atoms in total. The third-order valence-corrected chi connectivity index (χ3v) is 3.32. The van der Waals surface area contributed by atoms with E-state index in [1.807, 2.05) is 0 Å². The number of piperidine rings is 1. The summed E-state index contributed by atoms with van der Waals surface area (Å²) in [5, 5.41) is 6.40. The summed E-state index contributed by atoms with van der Waals surface area (Å²) in [6.45, 7) is 4.65. The van der Waals surface area contributed by atoms with Crippen molar-refractivity contribution in [3.63, 3.8) is 0 Å². The molecule has 1 amide bonds. The van der Waals surface area contributed by atoms with Crippen LogP contribution in [0.25, 0.3) is 0 Å². The van der Waals surface area contributed by atoms with Gasteiger partial charge in [0.15, 0.2) is 0 Å². The van der Waals surface area contributed by atoms with Gasteiger partial charge in [0.05, 0.1) is 6.54 Å². The molecule has 2 aliphatic rings. The number of amides is 1. The zero-order valence-electron chi connectivity index (χ0n) is 9.30. The maximum atomic E-state index is 11.2. The Morgan fingerprint density at radius 2 is 2.27 bits per heavy atom. The number of rotatable bonds is 3. The normalized spacial score (nSPS) is 28.8. The molecule has 0 aromatic carbocycles. The first-order chi connectivity index (χ1) is 7.34. The van der Waals surface area contributed by atoms with Crippen molar-refractivity contribution in [2.24, 2.45) is 0 Å². The monoisotopic (exact) mass is 211 g/mol. The summed E-state index contributed by atoms with van der Waals surface area (Å²) in [6, 6.07) is 0.684. The van der Waals surface area contributed by atoms with Crippen LogP contribution in [0.15, 0.2) is 0 Å². The molecule has 0 bridgehead atoms. The minimum atomic E-state index is 0.179. The van der Waals surface area contributed by atoms with E-state index in [1.54, 1.807) is 0 Å². The summed E-state index contributed by atoms with van der Waals surface area (Å²) in [7, 11) is 0. The maximum absolute atomic E-state index is 11.2. The lowest BCUT2D eigenvalue weighted by molar-refractivity contribution is -0.124. The summed E-state index contributed by atoms with van der Waals surface area (Å²) < 4.78 is 0. The number of hydrogen-bond acceptors (Lipinski definition) is 3. The molecule has 2 rings (SSSR count). The molecule has 0 spiro atoms. The second kappa shape index (κ2) is 5.47. The fourth-order valence-electron chi connectivity index (χ4n) is 2.39. The number of carbonyl (C=O) groups excluding carboxylic acids is 1. The van der Waals surface area contributed by atoms with Crippen molar-refractivity contribution in [3.8, 4) is 0 Å². The highest BCUT2D eigenvalue weighted by Gasteiger charge is 2.18. The standard InChI is InChI=1S/C11H21N3O/c15-11-9-14(8-6-13-11)7-4-10-3-1-2-5-12-10/h10,12H,1-9H2,(H,13,15)/t10-/m1/s1. The summed E-state index contributed by atoms with van der Waals surface area (Å²) in [4.78, 5) is 13.4. The molecule has 4 heteroatoms. The summed E-state index contributed by atoms with van der Waals surface area (Å²) in [5.41, 5.74) is 0. The Labute approximate surface area is 91.4 Å². The fourth-order valence-corrected chi connectivity index (χ4v) is 2.39. The van der Waals surface area contributed by atoms with Gasteiger partial charge in [-0.1, -0.05) is 6.42 Å². The predicted molar refractivity (Wildman–Crippen MR) is 59.7 cm³/mol. The average molecular weight is 211 g/mol. The van der Waals surface area contributed by atoms with Crippen molar-refractivity contribution in [3.05, 3.63) is 0 Å².